The van der Waals surface area contributed by atoms with E-state index in [4.69, 9.17) is 4.74 Å². The molecule has 0 amide bonds. The summed E-state index contributed by atoms with van der Waals surface area (Å²) in [5.74, 6) is -5.30. The first-order valence-electron chi connectivity index (χ1n) is 11.8. The van der Waals surface area contributed by atoms with Crippen molar-refractivity contribution in [3.8, 4) is 5.75 Å². The molecule has 1 unspecified atom stereocenters. The van der Waals surface area contributed by atoms with Crippen LogP contribution in [0.25, 0.3) is 0 Å². The van der Waals surface area contributed by atoms with Crippen molar-refractivity contribution in [2.24, 2.45) is 5.41 Å². The summed E-state index contributed by atoms with van der Waals surface area (Å²) in [6, 6.07) is 9.49. The molecular formula is C25H24F4N4O3. The van der Waals surface area contributed by atoms with Crippen LogP contribution in [0, 0.1) is 17.0 Å². The molecule has 2 bridgehead atoms. The van der Waals surface area contributed by atoms with Gasteiger partial charge in [0.15, 0.2) is 5.60 Å². The summed E-state index contributed by atoms with van der Waals surface area (Å²) in [6.45, 7) is -0.799. The van der Waals surface area contributed by atoms with Crippen LogP contribution in [0.15, 0.2) is 48.8 Å². The van der Waals surface area contributed by atoms with Crippen molar-refractivity contribution in [1.82, 2.24) is 20.2 Å². The molecule has 0 spiro atoms. The minimum atomic E-state index is -3.76. The lowest BCUT2D eigenvalue weighted by atomic mass is 9.30. The van der Waals surface area contributed by atoms with Gasteiger partial charge in [0.1, 0.15) is 29.8 Å². The van der Waals surface area contributed by atoms with Crippen LogP contribution in [-0.4, -0.2) is 48.6 Å². The molecule has 3 aromatic rings. The quantitative estimate of drug-likeness (QED) is 0.457. The van der Waals surface area contributed by atoms with Crippen LogP contribution < -0.4 is 4.74 Å². The molecule has 7 rings (SSSR count). The van der Waals surface area contributed by atoms with Gasteiger partial charge in [-0.05, 0) is 64.9 Å². The van der Waals surface area contributed by atoms with E-state index in [1.807, 2.05) is 12.1 Å². The minimum absolute atomic E-state index is 0.0209. The van der Waals surface area contributed by atoms with Crippen LogP contribution in [0.3, 0.4) is 0 Å². The van der Waals surface area contributed by atoms with Gasteiger partial charge in [-0.3, -0.25) is 0 Å². The van der Waals surface area contributed by atoms with Crippen molar-refractivity contribution >= 4 is 0 Å². The number of alkyl halides is 2. The summed E-state index contributed by atoms with van der Waals surface area (Å²) < 4.78 is 67.4. The SMILES string of the molecule is OC1CC(Oc2ccc(C34CC(C(F)(F)C(O)(Cn5cnnn5)c5ccc(F)cc5F)(C3)C4)cc2)C1. The zero-order valence-corrected chi connectivity index (χ0v) is 19.1. The first-order chi connectivity index (χ1) is 17.1. The fourth-order valence-corrected chi connectivity index (χ4v) is 6.25. The molecule has 1 aromatic heterocycles. The number of nitrogens with zero attached hydrogens (tertiary/aromatic N) is 4. The first kappa shape index (κ1) is 23.4. The van der Waals surface area contributed by atoms with E-state index in [1.165, 1.54) is 0 Å². The van der Waals surface area contributed by atoms with Gasteiger partial charge < -0.3 is 14.9 Å². The minimum Gasteiger partial charge on any atom is -0.490 e. The largest absolute Gasteiger partial charge is 0.490 e. The summed E-state index contributed by atoms with van der Waals surface area (Å²) in [7, 11) is 0. The van der Waals surface area contributed by atoms with Crippen LogP contribution in [-0.2, 0) is 17.6 Å². The molecular weight excluding hydrogens is 480 g/mol. The third-order valence-electron chi connectivity index (χ3n) is 8.21. The summed E-state index contributed by atoms with van der Waals surface area (Å²) in [5, 5.41) is 31.2. The number of tetrazole rings is 1. The molecule has 1 atom stereocenters. The predicted octanol–water partition coefficient (Wildman–Crippen LogP) is 3.50. The maximum absolute atomic E-state index is 16.2. The Kier molecular flexibility index (Phi) is 5.01. The van der Waals surface area contributed by atoms with Gasteiger partial charge in [0, 0.05) is 29.9 Å². The lowest BCUT2D eigenvalue weighted by Gasteiger charge is -2.74. The number of benzene rings is 2. The maximum Gasteiger partial charge on any atom is 0.287 e. The molecule has 4 aliphatic rings. The van der Waals surface area contributed by atoms with E-state index < -0.39 is 46.1 Å². The van der Waals surface area contributed by atoms with E-state index in [0.717, 1.165) is 28.7 Å². The number of ether oxygens (including phenoxy) is 1. The van der Waals surface area contributed by atoms with Crippen LogP contribution in [0.4, 0.5) is 17.6 Å². The van der Waals surface area contributed by atoms with Gasteiger partial charge in [-0.15, -0.1) is 5.10 Å². The molecule has 11 heteroatoms. The zero-order chi connectivity index (χ0) is 25.3. The first-order valence-corrected chi connectivity index (χ1v) is 11.8. The number of aliphatic hydroxyl groups excluding tert-OH is 1. The molecule has 1 heterocycles. The number of aromatic nitrogens is 4. The summed E-state index contributed by atoms with van der Waals surface area (Å²) in [5.41, 5.74) is -4.80. The molecule has 2 aromatic carbocycles. The predicted molar refractivity (Wildman–Crippen MR) is 117 cm³/mol. The van der Waals surface area contributed by atoms with Crippen molar-refractivity contribution in [3.05, 3.63) is 71.6 Å². The number of rotatable bonds is 8. The molecule has 0 radical (unpaired) electrons. The van der Waals surface area contributed by atoms with Crippen LogP contribution in [0.5, 0.6) is 5.75 Å². The second kappa shape index (κ2) is 7.72. The molecule has 36 heavy (non-hydrogen) atoms. The van der Waals surface area contributed by atoms with E-state index >= 15 is 8.78 Å². The Morgan fingerprint density at radius 2 is 1.75 bits per heavy atom. The molecule has 4 aliphatic carbocycles. The van der Waals surface area contributed by atoms with E-state index in [1.54, 1.807) is 12.1 Å². The highest BCUT2D eigenvalue weighted by Crippen LogP contribution is 2.80. The van der Waals surface area contributed by atoms with Gasteiger partial charge >= 0.3 is 0 Å². The Balaban J connectivity index is 1.24. The van der Waals surface area contributed by atoms with E-state index in [9.17, 15) is 19.0 Å². The Hall–Kier alpha value is -3.05. The van der Waals surface area contributed by atoms with Gasteiger partial charge in [0.05, 0.1) is 12.6 Å². The lowest BCUT2D eigenvalue weighted by Crippen LogP contribution is -2.76. The summed E-state index contributed by atoms with van der Waals surface area (Å²) in [6.07, 6.45) is 2.23. The van der Waals surface area contributed by atoms with E-state index in [2.05, 4.69) is 15.5 Å². The molecule has 4 saturated carbocycles. The van der Waals surface area contributed by atoms with Crippen molar-refractivity contribution in [2.75, 3.05) is 0 Å². The van der Waals surface area contributed by atoms with Crippen LogP contribution in [0.1, 0.15) is 43.2 Å². The third-order valence-corrected chi connectivity index (χ3v) is 8.21. The zero-order valence-electron chi connectivity index (χ0n) is 19.1. The number of aliphatic hydroxyl groups is 2. The Morgan fingerprint density at radius 1 is 1.06 bits per heavy atom. The van der Waals surface area contributed by atoms with Gasteiger partial charge in [-0.1, -0.05) is 12.1 Å². The van der Waals surface area contributed by atoms with Crippen LogP contribution >= 0.6 is 0 Å². The third kappa shape index (κ3) is 3.28. The standard InChI is InChI=1S/C25H24F4N4O3/c26-16-3-6-20(21(27)7-16)24(35,13-33-14-30-31-32-33)25(28,29)23-10-22(11-23,12-23)15-1-4-18(5-2-15)36-19-8-17(34)9-19/h1-7,14,17,19,34-35H,8-13H2. The monoisotopic (exact) mass is 504 g/mol. The average Bonchev–Trinajstić information content (AvgIpc) is 3.24. The highest BCUT2D eigenvalue weighted by atomic mass is 19.3. The molecule has 4 fully saturated rings. The molecule has 2 N–H and O–H groups in total. The number of halogens is 4. The molecule has 0 aliphatic heterocycles. The normalized spacial score (nSPS) is 30.5. The maximum atomic E-state index is 16.2. The second-order valence-corrected chi connectivity index (χ2v) is 10.5. The smallest absolute Gasteiger partial charge is 0.287 e. The topological polar surface area (TPSA) is 93.3 Å². The fourth-order valence-electron chi connectivity index (χ4n) is 6.25. The second-order valence-electron chi connectivity index (χ2n) is 10.5. The summed E-state index contributed by atoms with van der Waals surface area (Å²) >= 11 is 0. The van der Waals surface area contributed by atoms with Gasteiger partial charge in [0.25, 0.3) is 5.92 Å². The Morgan fingerprint density at radius 3 is 2.33 bits per heavy atom. The highest BCUT2D eigenvalue weighted by Gasteiger charge is 2.82. The Bertz CT molecular complexity index is 1260. The van der Waals surface area contributed by atoms with Crippen LogP contribution in [0.2, 0.25) is 0 Å². The molecule has 7 nitrogen and oxygen atoms in total. The molecule has 0 saturated heterocycles. The number of hydrogen-bond acceptors (Lipinski definition) is 6. The highest BCUT2D eigenvalue weighted by molar-refractivity contribution is 5.44. The van der Waals surface area contributed by atoms with Gasteiger partial charge in [0.2, 0.25) is 0 Å². The summed E-state index contributed by atoms with van der Waals surface area (Å²) in [4.78, 5) is 0. The average molecular weight is 504 g/mol. The number of hydrogen-bond donors (Lipinski definition) is 2. The molecule has 190 valence electrons. The van der Waals surface area contributed by atoms with Crippen molar-refractivity contribution in [2.45, 2.75) is 67.8 Å². The van der Waals surface area contributed by atoms with Crippen molar-refractivity contribution < 1.29 is 32.5 Å². The fraction of sp³-hybridized carbons (Fsp3) is 0.480. The van der Waals surface area contributed by atoms with Crippen molar-refractivity contribution in [3.63, 3.8) is 0 Å². The van der Waals surface area contributed by atoms with Gasteiger partial charge in [-0.2, -0.15) is 0 Å². The lowest BCUT2D eigenvalue weighted by molar-refractivity contribution is -0.347. The Labute approximate surface area is 203 Å². The van der Waals surface area contributed by atoms with Crippen molar-refractivity contribution in [1.29, 1.82) is 0 Å². The van der Waals surface area contributed by atoms with Gasteiger partial charge in [-0.25, -0.2) is 22.2 Å². The van der Waals surface area contributed by atoms with E-state index in [0.29, 0.717) is 24.7 Å². The van der Waals surface area contributed by atoms with E-state index in [-0.39, 0.29) is 31.5 Å².